The van der Waals surface area contributed by atoms with Crippen molar-refractivity contribution in [2.75, 3.05) is 17.2 Å². The Labute approximate surface area is 129 Å². The van der Waals surface area contributed by atoms with E-state index in [1.165, 1.54) is 12.1 Å². The summed E-state index contributed by atoms with van der Waals surface area (Å²) < 4.78 is 13.7. The lowest BCUT2D eigenvalue weighted by molar-refractivity contribution is 0.627. The predicted octanol–water partition coefficient (Wildman–Crippen LogP) is 4.52. The second kappa shape index (κ2) is 6.37. The molecule has 0 aliphatic rings. The molecule has 20 heavy (non-hydrogen) atoms. The molecule has 0 atom stereocenters. The number of hydrogen-bond donors (Lipinski definition) is 2. The minimum absolute atomic E-state index is 0.278. The van der Waals surface area contributed by atoms with E-state index >= 15 is 0 Å². The van der Waals surface area contributed by atoms with Crippen LogP contribution >= 0.6 is 27.5 Å². The molecule has 0 aliphatic carbocycles. The third kappa shape index (κ3) is 3.37. The van der Waals surface area contributed by atoms with Gasteiger partial charge in [0, 0.05) is 22.8 Å². The van der Waals surface area contributed by atoms with Gasteiger partial charge in [0.05, 0.1) is 10.7 Å². The molecule has 1 aromatic heterocycles. The van der Waals surface area contributed by atoms with Crippen molar-refractivity contribution < 1.29 is 4.39 Å². The maximum absolute atomic E-state index is 13.2. The quantitative estimate of drug-likeness (QED) is 0.843. The van der Waals surface area contributed by atoms with Gasteiger partial charge in [0.1, 0.15) is 11.6 Å². The fraction of sp³-hybridized carbons (Fsp3) is 0.231. The molecule has 0 radical (unpaired) electrons. The van der Waals surface area contributed by atoms with E-state index in [0.29, 0.717) is 21.9 Å². The maximum Gasteiger partial charge on any atom is 0.224 e. The average Bonchev–Trinajstić information content (AvgIpc) is 2.37. The Morgan fingerprint density at radius 2 is 2.15 bits per heavy atom. The van der Waals surface area contributed by atoms with Gasteiger partial charge in [-0.25, -0.2) is 9.37 Å². The monoisotopic (exact) mass is 358 g/mol. The summed E-state index contributed by atoms with van der Waals surface area (Å²) in [5, 5.41) is 6.41. The van der Waals surface area contributed by atoms with Crippen molar-refractivity contribution in [1.82, 2.24) is 9.97 Å². The second-order valence-electron chi connectivity index (χ2n) is 4.12. The zero-order valence-electron chi connectivity index (χ0n) is 11.0. The van der Waals surface area contributed by atoms with Crippen molar-refractivity contribution in [3.8, 4) is 0 Å². The number of nitrogens with zero attached hydrogens (tertiary/aromatic N) is 2. The van der Waals surface area contributed by atoms with Crippen LogP contribution in [0.4, 0.5) is 21.8 Å². The van der Waals surface area contributed by atoms with Crippen LogP contribution in [0.5, 0.6) is 0 Å². The lowest BCUT2D eigenvalue weighted by atomic mass is 10.3. The van der Waals surface area contributed by atoms with E-state index in [2.05, 4.69) is 36.5 Å². The van der Waals surface area contributed by atoms with Gasteiger partial charge in [-0.1, -0.05) is 11.6 Å². The van der Waals surface area contributed by atoms with Gasteiger partial charge in [-0.3, -0.25) is 0 Å². The Kier molecular flexibility index (Phi) is 4.77. The van der Waals surface area contributed by atoms with Crippen LogP contribution in [0.3, 0.4) is 0 Å². The van der Waals surface area contributed by atoms with Gasteiger partial charge in [0.15, 0.2) is 0 Å². The number of anilines is 3. The molecule has 0 aliphatic heterocycles. The van der Waals surface area contributed by atoms with Crippen LogP contribution in [0.1, 0.15) is 12.5 Å². The van der Waals surface area contributed by atoms with E-state index < -0.39 is 5.82 Å². The Morgan fingerprint density at radius 3 is 2.80 bits per heavy atom. The van der Waals surface area contributed by atoms with E-state index in [-0.39, 0.29) is 5.02 Å². The number of halogens is 3. The minimum Gasteiger partial charge on any atom is -0.354 e. The van der Waals surface area contributed by atoms with E-state index in [1.54, 1.807) is 6.20 Å². The van der Waals surface area contributed by atoms with Crippen molar-refractivity contribution in [2.24, 2.45) is 0 Å². The molecule has 1 aromatic carbocycles. The van der Waals surface area contributed by atoms with Gasteiger partial charge in [-0.2, -0.15) is 4.98 Å². The van der Waals surface area contributed by atoms with E-state index in [4.69, 9.17) is 11.6 Å². The summed E-state index contributed by atoms with van der Waals surface area (Å²) in [6.07, 6.45) is 1.71. The molecule has 2 rings (SSSR count). The van der Waals surface area contributed by atoms with Crippen LogP contribution < -0.4 is 10.6 Å². The fourth-order valence-corrected chi connectivity index (χ4v) is 2.49. The standard InChI is InChI=1S/C13H13BrClFN4/c1-3-17-13-18-6-7(2)12(20-13)19-11-9(14)4-8(16)5-10(11)15/h4-6H,3H2,1-2H3,(H2,17,18,19,20). The Hall–Kier alpha value is -1.40. The fourth-order valence-electron chi connectivity index (χ4n) is 1.59. The molecule has 4 nitrogen and oxygen atoms in total. The van der Waals surface area contributed by atoms with Crippen molar-refractivity contribution in [1.29, 1.82) is 0 Å². The van der Waals surface area contributed by atoms with Crippen LogP contribution in [-0.4, -0.2) is 16.5 Å². The zero-order chi connectivity index (χ0) is 14.7. The van der Waals surface area contributed by atoms with E-state index in [0.717, 1.165) is 12.1 Å². The largest absolute Gasteiger partial charge is 0.354 e. The topological polar surface area (TPSA) is 49.8 Å². The number of rotatable bonds is 4. The van der Waals surface area contributed by atoms with Crippen molar-refractivity contribution in [3.05, 3.63) is 39.2 Å². The van der Waals surface area contributed by atoms with Gasteiger partial charge < -0.3 is 10.6 Å². The van der Waals surface area contributed by atoms with E-state index in [9.17, 15) is 4.39 Å². The molecule has 7 heteroatoms. The average molecular weight is 360 g/mol. The number of aromatic nitrogens is 2. The summed E-state index contributed by atoms with van der Waals surface area (Å²) >= 11 is 9.33. The minimum atomic E-state index is -0.403. The van der Waals surface area contributed by atoms with Crippen LogP contribution in [-0.2, 0) is 0 Å². The second-order valence-corrected chi connectivity index (χ2v) is 5.39. The number of benzene rings is 1. The molecule has 2 aromatic rings. The van der Waals surface area contributed by atoms with Gasteiger partial charge in [-0.05, 0) is 41.9 Å². The van der Waals surface area contributed by atoms with Crippen LogP contribution in [0.2, 0.25) is 5.02 Å². The highest BCUT2D eigenvalue weighted by Crippen LogP contribution is 2.34. The predicted molar refractivity (Wildman–Crippen MR) is 83.3 cm³/mol. The first kappa shape index (κ1) is 15.0. The molecule has 0 spiro atoms. The highest BCUT2D eigenvalue weighted by molar-refractivity contribution is 9.10. The normalized spacial score (nSPS) is 10.4. The third-order valence-corrected chi connectivity index (χ3v) is 3.48. The summed E-state index contributed by atoms with van der Waals surface area (Å²) in [6, 6.07) is 2.59. The molecule has 0 unspecified atom stereocenters. The maximum atomic E-state index is 13.2. The van der Waals surface area contributed by atoms with Gasteiger partial charge >= 0.3 is 0 Å². The van der Waals surface area contributed by atoms with Gasteiger partial charge in [0.25, 0.3) is 0 Å². The van der Waals surface area contributed by atoms with E-state index in [1.807, 2.05) is 13.8 Å². The first-order valence-electron chi connectivity index (χ1n) is 6.00. The van der Waals surface area contributed by atoms with Gasteiger partial charge in [0.2, 0.25) is 5.95 Å². The lowest BCUT2D eigenvalue weighted by Crippen LogP contribution is -2.06. The SMILES string of the molecule is CCNc1ncc(C)c(Nc2c(Cl)cc(F)cc2Br)n1. The summed E-state index contributed by atoms with van der Waals surface area (Å²) in [4.78, 5) is 8.52. The van der Waals surface area contributed by atoms with Crippen LogP contribution in [0.15, 0.2) is 22.8 Å². The number of aryl methyl sites for hydroxylation is 1. The summed E-state index contributed by atoms with van der Waals surface area (Å²) in [7, 11) is 0. The smallest absolute Gasteiger partial charge is 0.224 e. The summed E-state index contributed by atoms with van der Waals surface area (Å²) in [5.74, 6) is 0.736. The van der Waals surface area contributed by atoms with Crippen LogP contribution in [0, 0.1) is 12.7 Å². The molecule has 2 N–H and O–H groups in total. The van der Waals surface area contributed by atoms with Gasteiger partial charge in [-0.15, -0.1) is 0 Å². The molecule has 106 valence electrons. The highest BCUT2D eigenvalue weighted by Gasteiger charge is 2.11. The lowest BCUT2D eigenvalue weighted by Gasteiger charge is -2.13. The molecule has 1 heterocycles. The Morgan fingerprint density at radius 1 is 1.40 bits per heavy atom. The first-order chi connectivity index (χ1) is 9.51. The Bertz CT molecular complexity index is 613. The van der Waals surface area contributed by atoms with Crippen molar-refractivity contribution in [2.45, 2.75) is 13.8 Å². The summed E-state index contributed by atoms with van der Waals surface area (Å²) in [5.41, 5.74) is 1.43. The highest BCUT2D eigenvalue weighted by atomic mass is 79.9. The molecule has 0 saturated heterocycles. The van der Waals surface area contributed by atoms with Crippen LogP contribution in [0.25, 0.3) is 0 Å². The molecule has 0 saturated carbocycles. The van der Waals surface area contributed by atoms with Crippen molar-refractivity contribution >= 4 is 45.0 Å². The molecule has 0 bridgehead atoms. The third-order valence-electron chi connectivity index (χ3n) is 2.56. The molecular weight excluding hydrogens is 347 g/mol. The molecule has 0 fully saturated rings. The zero-order valence-corrected chi connectivity index (χ0v) is 13.3. The van der Waals surface area contributed by atoms with Crippen molar-refractivity contribution in [3.63, 3.8) is 0 Å². The Balaban J connectivity index is 2.37. The first-order valence-corrected chi connectivity index (χ1v) is 7.17. The summed E-state index contributed by atoms with van der Waals surface area (Å²) in [6.45, 7) is 4.57. The molecular formula is C13H13BrClFN4. The number of nitrogens with one attached hydrogen (secondary N) is 2. The number of hydrogen-bond acceptors (Lipinski definition) is 4. The molecule has 0 amide bonds.